The Kier molecular flexibility index (Phi) is 5.87. The van der Waals surface area contributed by atoms with E-state index in [1.165, 1.54) is 18.2 Å². The number of carbonyl (C=O) groups excluding carboxylic acids is 1. The van der Waals surface area contributed by atoms with Crippen LogP contribution in [0.1, 0.15) is 25.3 Å². The lowest BCUT2D eigenvalue weighted by atomic mass is 9.98. The third-order valence-electron chi connectivity index (χ3n) is 4.08. The van der Waals surface area contributed by atoms with E-state index in [2.05, 4.69) is 22.5 Å². The van der Waals surface area contributed by atoms with Gasteiger partial charge in [-0.15, -0.1) is 0 Å². The molecule has 0 aliphatic carbocycles. The number of halogens is 3. The number of para-hydroxylation sites is 1. The zero-order valence-electron chi connectivity index (χ0n) is 13.1. The maximum absolute atomic E-state index is 12.9. The van der Waals surface area contributed by atoms with Gasteiger partial charge in [-0.2, -0.15) is 13.2 Å². The number of alkyl halides is 3. The quantitative estimate of drug-likeness (QED) is 0.887. The standard InChI is InChI=1S/C16H22F3N3O/c1-2-22-9-5-6-12(11-22)10-20-15(23)21-14-8-4-3-7-13(14)16(17,18)19/h3-4,7-8,12H,2,5-6,9-11H2,1H3,(H2,20,21,23)/t12-/m0/s1. The van der Waals surface area contributed by atoms with Crippen molar-refractivity contribution < 1.29 is 18.0 Å². The van der Waals surface area contributed by atoms with Crippen molar-refractivity contribution in [1.29, 1.82) is 0 Å². The van der Waals surface area contributed by atoms with Crippen molar-refractivity contribution in [3.05, 3.63) is 29.8 Å². The molecule has 7 heteroatoms. The van der Waals surface area contributed by atoms with Crippen LogP contribution in [0.15, 0.2) is 24.3 Å². The summed E-state index contributed by atoms with van der Waals surface area (Å²) >= 11 is 0. The Morgan fingerprint density at radius 3 is 2.78 bits per heavy atom. The second-order valence-electron chi connectivity index (χ2n) is 5.78. The summed E-state index contributed by atoms with van der Waals surface area (Å²) in [6.07, 6.45) is -2.39. The molecule has 1 heterocycles. The predicted octanol–water partition coefficient (Wildman–Crippen LogP) is 3.56. The smallest absolute Gasteiger partial charge is 0.338 e. The van der Waals surface area contributed by atoms with E-state index in [1.807, 2.05) is 0 Å². The number of anilines is 1. The normalized spacial score (nSPS) is 19.4. The highest BCUT2D eigenvalue weighted by Gasteiger charge is 2.33. The van der Waals surface area contributed by atoms with E-state index in [4.69, 9.17) is 0 Å². The fourth-order valence-corrected chi connectivity index (χ4v) is 2.85. The number of carbonyl (C=O) groups is 1. The highest BCUT2D eigenvalue weighted by molar-refractivity contribution is 5.90. The first-order valence-electron chi connectivity index (χ1n) is 7.83. The molecule has 1 aromatic rings. The maximum Gasteiger partial charge on any atom is 0.418 e. The molecule has 1 aliphatic heterocycles. The van der Waals surface area contributed by atoms with E-state index in [-0.39, 0.29) is 5.69 Å². The molecule has 0 radical (unpaired) electrons. The van der Waals surface area contributed by atoms with Gasteiger partial charge in [0.05, 0.1) is 11.3 Å². The summed E-state index contributed by atoms with van der Waals surface area (Å²) in [7, 11) is 0. The van der Waals surface area contributed by atoms with E-state index < -0.39 is 17.8 Å². The molecule has 1 aliphatic rings. The Hall–Kier alpha value is -1.76. The molecule has 0 unspecified atom stereocenters. The lowest BCUT2D eigenvalue weighted by Crippen LogP contribution is -2.41. The molecule has 4 nitrogen and oxygen atoms in total. The summed E-state index contributed by atoms with van der Waals surface area (Å²) in [4.78, 5) is 14.2. The van der Waals surface area contributed by atoms with Crippen LogP contribution in [0.2, 0.25) is 0 Å². The number of piperidine rings is 1. The number of hydrogen-bond donors (Lipinski definition) is 2. The summed E-state index contributed by atoms with van der Waals surface area (Å²) in [6.45, 7) is 5.52. The first kappa shape index (κ1) is 17.6. The lowest BCUT2D eigenvalue weighted by molar-refractivity contribution is -0.136. The average Bonchev–Trinajstić information content (AvgIpc) is 2.52. The number of nitrogens with zero attached hydrogens (tertiary/aromatic N) is 1. The van der Waals surface area contributed by atoms with Crippen LogP contribution in [0.5, 0.6) is 0 Å². The van der Waals surface area contributed by atoms with Gasteiger partial charge in [0, 0.05) is 13.1 Å². The van der Waals surface area contributed by atoms with Gasteiger partial charge in [0.25, 0.3) is 0 Å². The molecule has 1 aromatic carbocycles. The minimum atomic E-state index is -4.49. The Morgan fingerprint density at radius 1 is 1.35 bits per heavy atom. The third-order valence-corrected chi connectivity index (χ3v) is 4.08. The highest BCUT2D eigenvalue weighted by Crippen LogP contribution is 2.34. The number of rotatable bonds is 4. The van der Waals surface area contributed by atoms with Crippen LogP contribution in [0, 0.1) is 5.92 Å². The molecule has 128 valence electrons. The van der Waals surface area contributed by atoms with Crippen molar-refractivity contribution in [1.82, 2.24) is 10.2 Å². The second kappa shape index (κ2) is 7.68. The zero-order valence-corrected chi connectivity index (χ0v) is 13.1. The fourth-order valence-electron chi connectivity index (χ4n) is 2.85. The van der Waals surface area contributed by atoms with Crippen LogP contribution in [-0.4, -0.2) is 37.1 Å². The van der Waals surface area contributed by atoms with Crippen molar-refractivity contribution in [2.24, 2.45) is 5.92 Å². The summed E-state index contributed by atoms with van der Waals surface area (Å²) in [6, 6.07) is 4.37. The number of amides is 2. The molecule has 1 fully saturated rings. The molecule has 1 saturated heterocycles. The molecule has 0 spiro atoms. The molecular formula is C16H22F3N3O. The minimum Gasteiger partial charge on any atom is -0.338 e. The van der Waals surface area contributed by atoms with Gasteiger partial charge in [-0.3, -0.25) is 0 Å². The number of likely N-dealkylation sites (tertiary alicyclic amines) is 1. The largest absolute Gasteiger partial charge is 0.418 e. The van der Waals surface area contributed by atoms with Crippen molar-refractivity contribution in [2.45, 2.75) is 25.9 Å². The Balaban J connectivity index is 1.88. The Morgan fingerprint density at radius 2 is 2.09 bits per heavy atom. The predicted molar refractivity (Wildman–Crippen MR) is 83.3 cm³/mol. The molecule has 0 aromatic heterocycles. The average molecular weight is 329 g/mol. The van der Waals surface area contributed by atoms with Crippen LogP contribution >= 0.6 is 0 Å². The first-order chi connectivity index (χ1) is 10.9. The molecule has 2 rings (SSSR count). The first-order valence-corrected chi connectivity index (χ1v) is 7.83. The van der Waals surface area contributed by atoms with E-state index in [9.17, 15) is 18.0 Å². The summed E-state index contributed by atoms with van der Waals surface area (Å²) in [5.74, 6) is 0.340. The molecule has 2 N–H and O–H groups in total. The minimum absolute atomic E-state index is 0.226. The molecule has 0 saturated carbocycles. The summed E-state index contributed by atoms with van der Waals surface area (Å²) < 4.78 is 38.6. The highest BCUT2D eigenvalue weighted by atomic mass is 19.4. The van der Waals surface area contributed by atoms with Crippen LogP contribution < -0.4 is 10.6 Å². The lowest BCUT2D eigenvalue weighted by Gasteiger charge is -2.31. The Bertz CT molecular complexity index is 534. The summed E-state index contributed by atoms with van der Waals surface area (Å²) in [5.41, 5.74) is -1.07. The molecular weight excluding hydrogens is 307 g/mol. The van der Waals surface area contributed by atoms with Gasteiger partial charge >= 0.3 is 12.2 Å². The van der Waals surface area contributed by atoms with E-state index >= 15 is 0 Å². The molecule has 2 amide bonds. The van der Waals surface area contributed by atoms with Gasteiger partial charge in [-0.1, -0.05) is 19.1 Å². The topological polar surface area (TPSA) is 44.4 Å². The van der Waals surface area contributed by atoms with E-state index in [0.29, 0.717) is 12.5 Å². The van der Waals surface area contributed by atoms with Gasteiger partial charge in [0.15, 0.2) is 0 Å². The zero-order chi connectivity index (χ0) is 16.9. The van der Waals surface area contributed by atoms with Crippen molar-refractivity contribution in [3.63, 3.8) is 0 Å². The fraction of sp³-hybridized carbons (Fsp3) is 0.562. The van der Waals surface area contributed by atoms with Crippen molar-refractivity contribution in [2.75, 3.05) is 31.5 Å². The van der Waals surface area contributed by atoms with Crippen LogP contribution in [0.4, 0.5) is 23.7 Å². The summed E-state index contributed by atoms with van der Waals surface area (Å²) in [5, 5.41) is 4.98. The van der Waals surface area contributed by atoms with Crippen LogP contribution in [-0.2, 0) is 6.18 Å². The number of urea groups is 1. The SMILES string of the molecule is CCN1CCC[C@@H](CNC(=O)Nc2ccccc2C(F)(F)F)C1. The number of hydrogen-bond acceptors (Lipinski definition) is 2. The van der Waals surface area contributed by atoms with Gasteiger partial charge in [-0.05, 0) is 44.0 Å². The monoisotopic (exact) mass is 329 g/mol. The van der Waals surface area contributed by atoms with Gasteiger partial charge in [0.2, 0.25) is 0 Å². The van der Waals surface area contributed by atoms with Gasteiger partial charge in [0.1, 0.15) is 0 Å². The number of benzene rings is 1. The molecule has 1 atom stereocenters. The Labute approximate surface area is 134 Å². The second-order valence-corrected chi connectivity index (χ2v) is 5.78. The number of nitrogens with one attached hydrogen (secondary N) is 2. The van der Waals surface area contributed by atoms with Gasteiger partial charge in [-0.25, -0.2) is 4.79 Å². The van der Waals surface area contributed by atoms with Crippen LogP contribution in [0.25, 0.3) is 0 Å². The third kappa shape index (κ3) is 5.13. The molecule has 0 bridgehead atoms. The van der Waals surface area contributed by atoms with Gasteiger partial charge < -0.3 is 15.5 Å². The van der Waals surface area contributed by atoms with Crippen LogP contribution in [0.3, 0.4) is 0 Å². The van der Waals surface area contributed by atoms with Crippen molar-refractivity contribution >= 4 is 11.7 Å². The van der Waals surface area contributed by atoms with E-state index in [0.717, 1.165) is 38.5 Å². The molecule has 23 heavy (non-hydrogen) atoms. The van der Waals surface area contributed by atoms with E-state index in [1.54, 1.807) is 0 Å². The van der Waals surface area contributed by atoms with Crippen molar-refractivity contribution in [3.8, 4) is 0 Å². The maximum atomic E-state index is 12.9.